The highest BCUT2D eigenvalue weighted by Gasteiger charge is 2.14. The first-order valence-electron chi connectivity index (χ1n) is 10.7. The molecular weight excluding hydrogens is 336 g/mol. The molecule has 2 amide bonds. The summed E-state index contributed by atoms with van der Waals surface area (Å²) in [6.45, 7) is 2.25. The maximum atomic E-state index is 12.2. The van der Waals surface area contributed by atoms with Crippen LogP contribution in [0.5, 0.6) is 0 Å². The lowest BCUT2D eigenvalue weighted by Gasteiger charge is -2.14. The number of hydrogen-bond acceptors (Lipinski definition) is 2. The molecule has 0 aromatic heterocycles. The molecule has 4 nitrogen and oxygen atoms in total. The van der Waals surface area contributed by atoms with E-state index in [4.69, 9.17) is 0 Å². The van der Waals surface area contributed by atoms with Crippen LogP contribution in [-0.4, -0.2) is 30.8 Å². The molecule has 0 aliphatic rings. The summed E-state index contributed by atoms with van der Waals surface area (Å²) < 4.78 is 0. The van der Waals surface area contributed by atoms with Crippen LogP contribution in [0.25, 0.3) is 0 Å². The van der Waals surface area contributed by atoms with Crippen LogP contribution in [0.4, 0.5) is 5.69 Å². The lowest BCUT2D eigenvalue weighted by atomic mass is 10.1. The summed E-state index contributed by atoms with van der Waals surface area (Å²) in [4.78, 5) is 25.9. The average Bonchev–Trinajstić information content (AvgIpc) is 2.66. The van der Waals surface area contributed by atoms with E-state index in [1.54, 1.807) is 26.2 Å². The van der Waals surface area contributed by atoms with Crippen LogP contribution in [0.1, 0.15) is 94.3 Å². The van der Waals surface area contributed by atoms with E-state index in [0.29, 0.717) is 17.7 Å². The minimum atomic E-state index is -0.0967. The number of nitrogens with one attached hydrogen (secondary N) is 1. The predicted molar refractivity (Wildman–Crippen MR) is 114 cm³/mol. The summed E-state index contributed by atoms with van der Waals surface area (Å²) in [5.41, 5.74) is 1.14. The van der Waals surface area contributed by atoms with Gasteiger partial charge in [0.1, 0.15) is 0 Å². The Bertz CT molecular complexity index is 555. The third-order valence-electron chi connectivity index (χ3n) is 4.85. The molecule has 0 atom stereocenters. The van der Waals surface area contributed by atoms with Gasteiger partial charge in [0.2, 0.25) is 5.91 Å². The van der Waals surface area contributed by atoms with Gasteiger partial charge in [0.05, 0.1) is 11.3 Å². The molecule has 1 rings (SSSR count). The monoisotopic (exact) mass is 374 g/mol. The number of para-hydroxylation sites is 1. The van der Waals surface area contributed by atoms with Crippen molar-refractivity contribution in [2.24, 2.45) is 0 Å². The van der Waals surface area contributed by atoms with E-state index < -0.39 is 0 Å². The average molecular weight is 375 g/mol. The summed E-state index contributed by atoms with van der Waals surface area (Å²) in [7, 11) is 3.43. The summed E-state index contributed by atoms with van der Waals surface area (Å²) in [5.74, 6) is -0.106. The first kappa shape index (κ1) is 23.2. The van der Waals surface area contributed by atoms with Crippen molar-refractivity contribution in [1.82, 2.24) is 4.90 Å². The molecule has 152 valence electrons. The quantitative estimate of drug-likeness (QED) is 0.404. The predicted octanol–water partition coefficient (Wildman–Crippen LogP) is 6.03. The number of carbonyl (C=O) groups excluding carboxylic acids is 2. The largest absolute Gasteiger partial charge is 0.345 e. The number of carbonyl (C=O) groups is 2. The second kappa shape index (κ2) is 14.2. The van der Waals surface area contributed by atoms with Gasteiger partial charge in [-0.3, -0.25) is 9.59 Å². The molecule has 4 heteroatoms. The van der Waals surface area contributed by atoms with Crippen LogP contribution < -0.4 is 5.32 Å². The number of rotatable bonds is 14. The number of hydrogen-bond donors (Lipinski definition) is 1. The topological polar surface area (TPSA) is 49.4 Å². The number of anilines is 1. The van der Waals surface area contributed by atoms with E-state index in [1.165, 1.54) is 62.7 Å². The molecule has 0 unspecified atom stereocenters. The maximum Gasteiger partial charge on any atom is 0.255 e. The van der Waals surface area contributed by atoms with Gasteiger partial charge in [-0.05, 0) is 18.6 Å². The van der Waals surface area contributed by atoms with Crippen LogP contribution in [0, 0.1) is 0 Å². The molecule has 0 spiro atoms. The van der Waals surface area contributed by atoms with Gasteiger partial charge in [0, 0.05) is 20.5 Å². The molecule has 0 bridgehead atoms. The van der Waals surface area contributed by atoms with E-state index in [1.807, 2.05) is 12.1 Å². The molecule has 27 heavy (non-hydrogen) atoms. The normalized spacial score (nSPS) is 10.6. The van der Waals surface area contributed by atoms with E-state index >= 15 is 0 Å². The van der Waals surface area contributed by atoms with Crippen LogP contribution in [-0.2, 0) is 4.79 Å². The standard InChI is InChI=1S/C23H38N2O2/c1-4-5-6-7-8-9-10-11-12-13-14-19-22(26)24-21-18-16-15-17-20(21)23(27)25(2)3/h15-18H,4-14,19H2,1-3H3,(H,24,26). The number of nitrogens with zero attached hydrogens (tertiary/aromatic N) is 1. The van der Waals surface area contributed by atoms with Gasteiger partial charge in [-0.25, -0.2) is 0 Å². The van der Waals surface area contributed by atoms with Crippen LogP contribution in [0.2, 0.25) is 0 Å². The van der Waals surface area contributed by atoms with E-state index in [-0.39, 0.29) is 11.8 Å². The zero-order valence-corrected chi connectivity index (χ0v) is 17.6. The highest BCUT2D eigenvalue weighted by atomic mass is 16.2. The molecular formula is C23H38N2O2. The van der Waals surface area contributed by atoms with Crippen LogP contribution in [0.15, 0.2) is 24.3 Å². The Balaban J connectivity index is 2.16. The molecule has 0 heterocycles. The lowest BCUT2D eigenvalue weighted by molar-refractivity contribution is -0.116. The summed E-state index contributed by atoms with van der Waals surface area (Å²) in [6.07, 6.45) is 14.5. The Kier molecular flexibility index (Phi) is 12.2. The van der Waals surface area contributed by atoms with Crippen LogP contribution in [0.3, 0.4) is 0 Å². The molecule has 0 aliphatic carbocycles. The minimum Gasteiger partial charge on any atom is -0.345 e. The molecule has 0 saturated carbocycles. The highest BCUT2D eigenvalue weighted by Crippen LogP contribution is 2.17. The molecule has 1 aromatic carbocycles. The highest BCUT2D eigenvalue weighted by molar-refractivity contribution is 6.03. The second-order valence-electron chi connectivity index (χ2n) is 7.58. The first-order chi connectivity index (χ1) is 13.1. The Morgan fingerprint density at radius 3 is 1.89 bits per heavy atom. The molecule has 1 N–H and O–H groups in total. The molecule has 1 aromatic rings. The third kappa shape index (κ3) is 10.2. The Morgan fingerprint density at radius 1 is 0.815 bits per heavy atom. The van der Waals surface area contributed by atoms with Gasteiger partial charge in [0.25, 0.3) is 5.91 Å². The van der Waals surface area contributed by atoms with Gasteiger partial charge >= 0.3 is 0 Å². The number of benzene rings is 1. The van der Waals surface area contributed by atoms with Crippen molar-refractivity contribution in [2.45, 2.75) is 84.0 Å². The van der Waals surface area contributed by atoms with E-state index in [0.717, 1.165) is 12.8 Å². The van der Waals surface area contributed by atoms with Gasteiger partial charge in [0.15, 0.2) is 0 Å². The molecule has 0 aliphatic heterocycles. The zero-order chi connectivity index (χ0) is 19.9. The molecule has 0 fully saturated rings. The lowest BCUT2D eigenvalue weighted by Crippen LogP contribution is -2.24. The zero-order valence-electron chi connectivity index (χ0n) is 17.6. The Labute approximate surface area is 165 Å². The SMILES string of the molecule is CCCCCCCCCCCCCC(=O)Nc1ccccc1C(=O)N(C)C. The first-order valence-corrected chi connectivity index (χ1v) is 10.7. The Hall–Kier alpha value is -1.84. The van der Waals surface area contributed by atoms with Crippen LogP contribution >= 0.6 is 0 Å². The fraction of sp³-hybridized carbons (Fsp3) is 0.652. The summed E-state index contributed by atoms with van der Waals surface area (Å²) >= 11 is 0. The summed E-state index contributed by atoms with van der Waals surface area (Å²) in [6, 6.07) is 7.19. The Morgan fingerprint density at radius 2 is 1.33 bits per heavy atom. The third-order valence-corrected chi connectivity index (χ3v) is 4.85. The fourth-order valence-electron chi connectivity index (χ4n) is 3.18. The molecule has 0 radical (unpaired) electrons. The number of unbranched alkanes of at least 4 members (excludes halogenated alkanes) is 10. The van der Waals surface area contributed by atoms with Crippen molar-refractivity contribution in [3.8, 4) is 0 Å². The van der Waals surface area contributed by atoms with Gasteiger partial charge in [-0.2, -0.15) is 0 Å². The van der Waals surface area contributed by atoms with Crippen molar-refractivity contribution < 1.29 is 9.59 Å². The van der Waals surface area contributed by atoms with E-state index in [9.17, 15) is 9.59 Å². The maximum absolute atomic E-state index is 12.2. The van der Waals surface area contributed by atoms with Crippen molar-refractivity contribution in [2.75, 3.05) is 19.4 Å². The number of amides is 2. The smallest absolute Gasteiger partial charge is 0.255 e. The van der Waals surface area contributed by atoms with Gasteiger partial charge in [-0.1, -0.05) is 83.3 Å². The summed E-state index contributed by atoms with van der Waals surface area (Å²) in [5, 5.41) is 2.90. The van der Waals surface area contributed by atoms with Crippen molar-refractivity contribution in [3.63, 3.8) is 0 Å². The fourth-order valence-corrected chi connectivity index (χ4v) is 3.18. The van der Waals surface area contributed by atoms with Crippen molar-refractivity contribution in [3.05, 3.63) is 29.8 Å². The second-order valence-corrected chi connectivity index (χ2v) is 7.58. The van der Waals surface area contributed by atoms with Crippen molar-refractivity contribution in [1.29, 1.82) is 0 Å². The van der Waals surface area contributed by atoms with E-state index in [2.05, 4.69) is 12.2 Å². The molecule has 0 saturated heterocycles. The van der Waals surface area contributed by atoms with Crippen molar-refractivity contribution >= 4 is 17.5 Å². The minimum absolute atomic E-state index is 0.00932. The van der Waals surface area contributed by atoms with Gasteiger partial charge < -0.3 is 10.2 Å². The van der Waals surface area contributed by atoms with Gasteiger partial charge in [-0.15, -0.1) is 0 Å².